The molecular formula is C17H20N2O2. The summed E-state index contributed by atoms with van der Waals surface area (Å²) in [7, 11) is 0. The van der Waals surface area contributed by atoms with Crippen LogP contribution in [0.25, 0.3) is 0 Å². The second kappa shape index (κ2) is 6.50. The molecule has 110 valence electrons. The SMILES string of the molecule is NNc1ccc(OCCOc2ccc3c(c2)CCC3)cc1. The average molecular weight is 284 g/mol. The van der Waals surface area contributed by atoms with Crippen molar-refractivity contribution in [1.82, 2.24) is 0 Å². The molecule has 0 atom stereocenters. The summed E-state index contributed by atoms with van der Waals surface area (Å²) < 4.78 is 11.4. The number of fused-ring (bicyclic) bond motifs is 1. The van der Waals surface area contributed by atoms with E-state index in [9.17, 15) is 0 Å². The molecule has 0 saturated heterocycles. The van der Waals surface area contributed by atoms with Crippen molar-refractivity contribution < 1.29 is 9.47 Å². The zero-order valence-corrected chi connectivity index (χ0v) is 12.0. The lowest BCUT2D eigenvalue weighted by Gasteiger charge is -2.10. The van der Waals surface area contributed by atoms with Crippen molar-refractivity contribution in [1.29, 1.82) is 0 Å². The quantitative estimate of drug-likeness (QED) is 0.486. The van der Waals surface area contributed by atoms with Crippen LogP contribution in [0.2, 0.25) is 0 Å². The Bertz CT molecular complexity index is 596. The topological polar surface area (TPSA) is 56.5 Å². The van der Waals surface area contributed by atoms with Crippen LogP contribution in [0, 0.1) is 0 Å². The maximum Gasteiger partial charge on any atom is 0.122 e. The Morgan fingerprint density at radius 1 is 0.857 bits per heavy atom. The van der Waals surface area contributed by atoms with Gasteiger partial charge in [-0.2, -0.15) is 0 Å². The molecule has 0 aliphatic heterocycles. The molecule has 4 nitrogen and oxygen atoms in total. The molecule has 1 aliphatic rings. The molecular weight excluding hydrogens is 264 g/mol. The predicted molar refractivity (Wildman–Crippen MR) is 83.7 cm³/mol. The molecule has 0 amide bonds. The first-order valence-corrected chi connectivity index (χ1v) is 7.29. The van der Waals surface area contributed by atoms with E-state index in [0.29, 0.717) is 13.2 Å². The van der Waals surface area contributed by atoms with Gasteiger partial charge in [-0.3, -0.25) is 5.84 Å². The number of rotatable bonds is 6. The molecule has 0 saturated carbocycles. The highest BCUT2D eigenvalue weighted by molar-refractivity contribution is 5.45. The summed E-state index contributed by atoms with van der Waals surface area (Å²) >= 11 is 0. The van der Waals surface area contributed by atoms with Crippen molar-refractivity contribution >= 4 is 5.69 Å². The van der Waals surface area contributed by atoms with Crippen molar-refractivity contribution in [2.45, 2.75) is 19.3 Å². The summed E-state index contributed by atoms with van der Waals surface area (Å²) in [5.74, 6) is 7.06. The number of hydrogen-bond donors (Lipinski definition) is 2. The third-order valence-electron chi connectivity index (χ3n) is 3.71. The lowest BCUT2D eigenvalue weighted by atomic mass is 10.1. The highest BCUT2D eigenvalue weighted by atomic mass is 16.5. The monoisotopic (exact) mass is 284 g/mol. The van der Waals surface area contributed by atoms with Gasteiger partial charge in [-0.1, -0.05) is 6.07 Å². The number of nitrogens with one attached hydrogen (secondary N) is 1. The molecule has 2 aromatic rings. The van der Waals surface area contributed by atoms with E-state index < -0.39 is 0 Å². The van der Waals surface area contributed by atoms with Crippen LogP contribution in [0.5, 0.6) is 11.5 Å². The van der Waals surface area contributed by atoms with E-state index in [2.05, 4.69) is 17.6 Å². The summed E-state index contributed by atoms with van der Waals surface area (Å²) in [5.41, 5.74) is 6.34. The molecule has 3 N–H and O–H groups in total. The Morgan fingerprint density at radius 3 is 2.29 bits per heavy atom. The summed E-state index contributed by atoms with van der Waals surface area (Å²) in [5, 5.41) is 0. The Hall–Kier alpha value is -2.20. The zero-order valence-electron chi connectivity index (χ0n) is 12.0. The van der Waals surface area contributed by atoms with E-state index in [1.807, 2.05) is 30.3 Å². The van der Waals surface area contributed by atoms with Crippen LogP contribution in [-0.4, -0.2) is 13.2 Å². The first kappa shape index (κ1) is 13.8. The van der Waals surface area contributed by atoms with E-state index >= 15 is 0 Å². The van der Waals surface area contributed by atoms with Crippen LogP contribution in [0.15, 0.2) is 42.5 Å². The average Bonchev–Trinajstić information content (AvgIpc) is 3.00. The van der Waals surface area contributed by atoms with Gasteiger partial charge in [0.05, 0.1) is 0 Å². The normalized spacial score (nSPS) is 12.8. The number of hydrazine groups is 1. The van der Waals surface area contributed by atoms with E-state index in [-0.39, 0.29) is 0 Å². The van der Waals surface area contributed by atoms with Gasteiger partial charge in [0.15, 0.2) is 0 Å². The van der Waals surface area contributed by atoms with Gasteiger partial charge in [0.2, 0.25) is 0 Å². The summed E-state index contributed by atoms with van der Waals surface area (Å²) in [6.45, 7) is 1.06. The largest absolute Gasteiger partial charge is 0.490 e. The van der Waals surface area contributed by atoms with Gasteiger partial charge in [0.1, 0.15) is 24.7 Å². The summed E-state index contributed by atoms with van der Waals surface area (Å²) in [6.07, 6.45) is 3.63. The lowest BCUT2D eigenvalue weighted by molar-refractivity contribution is 0.217. The highest BCUT2D eigenvalue weighted by Crippen LogP contribution is 2.26. The molecule has 21 heavy (non-hydrogen) atoms. The molecule has 0 radical (unpaired) electrons. The number of aryl methyl sites for hydroxylation is 2. The second-order valence-electron chi connectivity index (χ2n) is 5.15. The van der Waals surface area contributed by atoms with Gasteiger partial charge in [0.25, 0.3) is 0 Å². The number of hydrogen-bond acceptors (Lipinski definition) is 4. The number of ether oxygens (including phenoxy) is 2. The zero-order chi connectivity index (χ0) is 14.5. The van der Waals surface area contributed by atoms with Crippen LogP contribution in [-0.2, 0) is 12.8 Å². The first-order valence-electron chi connectivity index (χ1n) is 7.29. The van der Waals surface area contributed by atoms with Crippen LogP contribution in [0.3, 0.4) is 0 Å². The Kier molecular flexibility index (Phi) is 4.26. The van der Waals surface area contributed by atoms with Gasteiger partial charge in [0, 0.05) is 5.69 Å². The van der Waals surface area contributed by atoms with E-state index in [1.165, 1.54) is 30.4 Å². The first-order chi connectivity index (χ1) is 10.3. The number of benzene rings is 2. The third kappa shape index (κ3) is 3.47. The standard InChI is InChI=1S/C17H20N2O2/c18-19-15-5-8-16(9-6-15)20-10-11-21-17-7-4-13-2-1-3-14(13)12-17/h4-9,12,19H,1-3,10-11,18H2. The minimum atomic E-state index is 0.520. The van der Waals surface area contributed by atoms with E-state index in [4.69, 9.17) is 15.3 Å². The van der Waals surface area contributed by atoms with Crippen molar-refractivity contribution in [3.63, 3.8) is 0 Å². The molecule has 0 fully saturated rings. The van der Waals surface area contributed by atoms with Crippen LogP contribution in [0.1, 0.15) is 17.5 Å². The summed E-state index contributed by atoms with van der Waals surface area (Å²) in [6, 6.07) is 13.9. The molecule has 0 aromatic heterocycles. The Morgan fingerprint density at radius 2 is 1.52 bits per heavy atom. The van der Waals surface area contributed by atoms with Gasteiger partial charge in [-0.05, 0) is 66.8 Å². The molecule has 0 spiro atoms. The smallest absolute Gasteiger partial charge is 0.122 e. The molecule has 3 rings (SSSR count). The van der Waals surface area contributed by atoms with E-state index in [1.54, 1.807) is 0 Å². The third-order valence-corrected chi connectivity index (χ3v) is 3.71. The Balaban J connectivity index is 1.45. The maximum atomic E-state index is 5.74. The molecule has 2 aromatic carbocycles. The van der Waals surface area contributed by atoms with Crippen molar-refractivity contribution in [3.8, 4) is 11.5 Å². The minimum Gasteiger partial charge on any atom is -0.490 e. The number of anilines is 1. The fraction of sp³-hybridized carbons (Fsp3) is 0.294. The summed E-state index contributed by atoms with van der Waals surface area (Å²) in [4.78, 5) is 0. The second-order valence-corrected chi connectivity index (χ2v) is 5.15. The Labute approximate surface area is 124 Å². The molecule has 0 heterocycles. The fourth-order valence-electron chi connectivity index (χ4n) is 2.60. The molecule has 4 heteroatoms. The van der Waals surface area contributed by atoms with Gasteiger partial charge < -0.3 is 14.9 Å². The van der Waals surface area contributed by atoms with Crippen LogP contribution < -0.4 is 20.7 Å². The van der Waals surface area contributed by atoms with Crippen LogP contribution >= 0.6 is 0 Å². The molecule has 1 aliphatic carbocycles. The molecule has 0 unspecified atom stereocenters. The highest BCUT2D eigenvalue weighted by Gasteiger charge is 2.10. The van der Waals surface area contributed by atoms with Crippen molar-refractivity contribution in [2.75, 3.05) is 18.6 Å². The maximum absolute atomic E-state index is 5.74. The number of nitrogen functional groups attached to an aromatic ring is 1. The van der Waals surface area contributed by atoms with Crippen LogP contribution in [0.4, 0.5) is 5.69 Å². The minimum absolute atomic E-state index is 0.520. The van der Waals surface area contributed by atoms with E-state index in [0.717, 1.165) is 17.2 Å². The van der Waals surface area contributed by atoms with Crippen molar-refractivity contribution in [2.24, 2.45) is 5.84 Å². The number of nitrogens with two attached hydrogens (primary N) is 1. The predicted octanol–water partition coefficient (Wildman–Crippen LogP) is 2.92. The molecule has 0 bridgehead atoms. The van der Waals surface area contributed by atoms with Gasteiger partial charge in [-0.15, -0.1) is 0 Å². The fourth-order valence-corrected chi connectivity index (χ4v) is 2.60. The van der Waals surface area contributed by atoms with Gasteiger partial charge in [-0.25, -0.2) is 0 Å². The van der Waals surface area contributed by atoms with Gasteiger partial charge >= 0.3 is 0 Å². The van der Waals surface area contributed by atoms with Crippen molar-refractivity contribution in [3.05, 3.63) is 53.6 Å². The lowest BCUT2D eigenvalue weighted by Crippen LogP contribution is -2.09.